The molecule has 1 fully saturated rings. The summed E-state index contributed by atoms with van der Waals surface area (Å²) < 4.78 is 11.7. The van der Waals surface area contributed by atoms with Crippen molar-refractivity contribution in [1.29, 1.82) is 0 Å². The van der Waals surface area contributed by atoms with Crippen molar-refractivity contribution in [1.82, 2.24) is 5.32 Å². The molecular formula is C11H12BrNO3. The van der Waals surface area contributed by atoms with Gasteiger partial charge in [0.1, 0.15) is 18.5 Å². The highest BCUT2D eigenvalue weighted by Crippen LogP contribution is 2.30. The number of carbonyl (C=O) groups is 1. The Morgan fingerprint density at radius 1 is 1.56 bits per heavy atom. The highest BCUT2D eigenvalue weighted by atomic mass is 79.9. The van der Waals surface area contributed by atoms with E-state index in [2.05, 4.69) is 21.2 Å². The molecule has 1 atom stereocenters. The zero-order chi connectivity index (χ0) is 11.5. The van der Waals surface area contributed by atoms with Gasteiger partial charge in [-0.05, 0) is 12.1 Å². The third-order valence-electron chi connectivity index (χ3n) is 2.44. The van der Waals surface area contributed by atoms with Gasteiger partial charge in [-0.2, -0.15) is 0 Å². The van der Waals surface area contributed by atoms with Gasteiger partial charge in [-0.3, -0.25) is 4.79 Å². The van der Waals surface area contributed by atoms with Gasteiger partial charge < -0.3 is 14.8 Å². The van der Waals surface area contributed by atoms with Crippen LogP contribution in [0.2, 0.25) is 0 Å². The number of morpholine rings is 1. The molecule has 4 nitrogen and oxygen atoms in total. The number of carbonyl (C=O) groups excluding carboxylic acids is 1. The van der Waals surface area contributed by atoms with Gasteiger partial charge in [0, 0.05) is 16.6 Å². The van der Waals surface area contributed by atoms with Crippen molar-refractivity contribution in [3.8, 4) is 5.75 Å². The summed E-state index contributed by atoms with van der Waals surface area (Å²) in [4.78, 5) is 11.0. The van der Waals surface area contributed by atoms with E-state index in [1.165, 1.54) is 0 Å². The van der Waals surface area contributed by atoms with Crippen LogP contribution in [0.15, 0.2) is 22.7 Å². The van der Waals surface area contributed by atoms with E-state index < -0.39 is 0 Å². The number of rotatable bonds is 2. The fraction of sp³-hybridized carbons (Fsp3) is 0.364. The lowest BCUT2D eigenvalue weighted by Crippen LogP contribution is -2.38. The molecule has 0 saturated carbocycles. The normalized spacial score (nSPS) is 20.4. The lowest BCUT2D eigenvalue weighted by atomic mass is 10.1. The smallest absolute Gasteiger partial charge is 0.246 e. The summed E-state index contributed by atoms with van der Waals surface area (Å²) in [7, 11) is 1.62. The average Bonchev–Trinajstić information content (AvgIpc) is 2.30. The first-order chi connectivity index (χ1) is 7.70. The Balaban J connectivity index is 2.22. The summed E-state index contributed by atoms with van der Waals surface area (Å²) >= 11 is 3.38. The van der Waals surface area contributed by atoms with E-state index in [4.69, 9.17) is 9.47 Å². The molecule has 0 aliphatic carbocycles. The van der Waals surface area contributed by atoms with E-state index in [0.29, 0.717) is 6.54 Å². The van der Waals surface area contributed by atoms with Crippen LogP contribution in [0.1, 0.15) is 11.7 Å². The Morgan fingerprint density at radius 2 is 2.38 bits per heavy atom. The van der Waals surface area contributed by atoms with Crippen LogP contribution in [0.3, 0.4) is 0 Å². The standard InChI is InChI=1S/C11H12BrNO3/c1-15-9-4-7(12)2-3-8(9)10-5-13-11(14)6-16-10/h2-4,10H,5-6H2,1H3,(H,13,14)/t10-/m0/s1. The van der Waals surface area contributed by atoms with Crippen LogP contribution < -0.4 is 10.1 Å². The summed E-state index contributed by atoms with van der Waals surface area (Å²) in [6.07, 6.45) is -0.138. The molecule has 1 aliphatic heterocycles. The molecule has 0 radical (unpaired) electrons. The van der Waals surface area contributed by atoms with Crippen molar-refractivity contribution in [2.45, 2.75) is 6.10 Å². The molecule has 0 spiro atoms. The summed E-state index contributed by atoms with van der Waals surface area (Å²) in [5.41, 5.74) is 0.950. The van der Waals surface area contributed by atoms with Crippen LogP contribution in [-0.2, 0) is 9.53 Å². The molecule has 1 N–H and O–H groups in total. The molecule has 5 heteroatoms. The van der Waals surface area contributed by atoms with Crippen molar-refractivity contribution in [3.63, 3.8) is 0 Å². The maximum absolute atomic E-state index is 11.0. The van der Waals surface area contributed by atoms with E-state index in [9.17, 15) is 4.79 Å². The number of benzene rings is 1. The molecule has 1 amide bonds. The fourth-order valence-electron chi connectivity index (χ4n) is 1.64. The van der Waals surface area contributed by atoms with E-state index >= 15 is 0 Å². The maximum Gasteiger partial charge on any atom is 0.246 e. The third-order valence-corrected chi connectivity index (χ3v) is 2.94. The first kappa shape index (κ1) is 11.4. The minimum Gasteiger partial charge on any atom is -0.496 e. The van der Waals surface area contributed by atoms with Crippen LogP contribution in [0.5, 0.6) is 5.75 Å². The second kappa shape index (κ2) is 4.84. The zero-order valence-corrected chi connectivity index (χ0v) is 10.4. The van der Waals surface area contributed by atoms with Gasteiger partial charge in [0.05, 0.1) is 7.11 Å². The fourth-order valence-corrected chi connectivity index (χ4v) is 1.98. The van der Waals surface area contributed by atoms with Gasteiger partial charge in [-0.1, -0.05) is 22.0 Å². The lowest BCUT2D eigenvalue weighted by molar-refractivity contribution is -0.133. The molecule has 86 valence electrons. The molecule has 0 unspecified atom stereocenters. The first-order valence-corrected chi connectivity index (χ1v) is 5.71. The molecule has 1 aliphatic rings. The third kappa shape index (κ3) is 2.36. The molecule has 1 saturated heterocycles. The van der Waals surface area contributed by atoms with Gasteiger partial charge in [-0.15, -0.1) is 0 Å². The number of nitrogens with one attached hydrogen (secondary N) is 1. The van der Waals surface area contributed by atoms with E-state index in [1.807, 2.05) is 18.2 Å². The zero-order valence-electron chi connectivity index (χ0n) is 8.83. The van der Waals surface area contributed by atoms with Gasteiger partial charge in [0.2, 0.25) is 5.91 Å². The Morgan fingerprint density at radius 3 is 3.00 bits per heavy atom. The maximum atomic E-state index is 11.0. The Labute approximate surface area is 102 Å². The highest BCUT2D eigenvalue weighted by Gasteiger charge is 2.22. The van der Waals surface area contributed by atoms with Crippen molar-refractivity contribution in [2.75, 3.05) is 20.3 Å². The second-order valence-corrected chi connectivity index (χ2v) is 4.41. The van der Waals surface area contributed by atoms with Gasteiger partial charge in [0.25, 0.3) is 0 Å². The first-order valence-electron chi connectivity index (χ1n) is 4.92. The van der Waals surface area contributed by atoms with Gasteiger partial charge in [-0.25, -0.2) is 0 Å². The monoisotopic (exact) mass is 285 g/mol. The minimum absolute atomic E-state index is 0.0765. The molecular weight excluding hydrogens is 274 g/mol. The van der Waals surface area contributed by atoms with Crippen LogP contribution in [-0.4, -0.2) is 26.2 Å². The number of halogens is 1. The molecule has 1 aromatic rings. The Bertz CT molecular complexity index is 398. The molecule has 16 heavy (non-hydrogen) atoms. The number of ether oxygens (including phenoxy) is 2. The van der Waals surface area contributed by atoms with Crippen LogP contribution in [0.25, 0.3) is 0 Å². The molecule has 1 heterocycles. The van der Waals surface area contributed by atoms with E-state index in [1.54, 1.807) is 7.11 Å². The predicted molar refractivity (Wildman–Crippen MR) is 62.4 cm³/mol. The summed E-state index contributed by atoms with van der Waals surface area (Å²) in [6, 6.07) is 5.75. The molecule has 0 aromatic heterocycles. The SMILES string of the molecule is COc1cc(Br)ccc1[C@@H]1CNC(=O)CO1. The number of hydrogen-bond acceptors (Lipinski definition) is 3. The Hall–Kier alpha value is -1.07. The molecule has 2 rings (SSSR count). The highest BCUT2D eigenvalue weighted by molar-refractivity contribution is 9.10. The summed E-state index contributed by atoms with van der Waals surface area (Å²) in [6.45, 7) is 0.584. The van der Waals surface area contributed by atoms with E-state index in [0.717, 1.165) is 15.8 Å². The van der Waals surface area contributed by atoms with Crippen LogP contribution >= 0.6 is 15.9 Å². The average molecular weight is 286 g/mol. The number of amides is 1. The largest absolute Gasteiger partial charge is 0.496 e. The van der Waals surface area contributed by atoms with Crippen molar-refractivity contribution >= 4 is 21.8 Å². The minimum atomic E-state index is -0.138. The molecule has 1 aromatic carbocycles. The number of methoxy groups -OCH3 is 1. The Kier molecular flexibility index (Phi) is 3.46. The van der Waals surface area contributed by atoms with Crippen LogP contribution in [0, 0.1) is 0 Å². The van der Waals surface area contributed by atoms with Crippen molar-refractivity contribution in [3.05, 3.63) is 28.2 Å². The van der Waals surface area contributed by atoms with Crippen molar-refractivity contribution < 1.29 is 14.3 Å². The summed E-state index contributed by atoms with van der Waals surface area (Å²) in [5, 5.41) is 2.77. The van der Waals surface area contributed by atoms with Crippen LogP contribution in [0.4, 0.5) is 0 Å². The van der Waals surface area contributed by atoms with E-state index in [-0.39, 0.29) is 18.6 Å². The van der Waals surface area contributed by atoms with Gasteiger partial charge >= 0.3 is 0 Å². The van der Waals surface area contributed by atoms with Crippen molar-refractivity contribution in [2.24, 2.45) is 0 Å². The lowest BCUT2D eigenvalue weighted by Gasteiger charge is -2.24. The quantitative estimate of drug-likeness (QED) is 0.899. The predicted octanol–water partition coefficient (Wildman–Crippen LogP) is 1.65. The molecule has 0 bridgehead atoms. The topological polar surface area (TPSA) is 47.6 Å². The summed E-state index contributed by atoms with van der Waals surface area (Å²) in [5.74, 6) is 0.683. The second-order valence-electron chi connectivity index (χ2n) is 3.49. The number of hydrogen-bond donors (Lipinski definition) is 1. The van der Waals surface area contributed by atoms with Gasteiger partial charge in [0.15, 0.2) is 0 Å².